The van der Waals surface area contributed by atoms with Gasteiger partial charge in [-0.15, -0.1) is 0 Å². The minimum Gasteiger partial charge on any atom is -0.368 e. The summed E-state index contributed by atoms with van der Waals surface area (Å²) in [5, 5.41) is 0. The normalized spacial score (nSPS) is 18.8. The van der Waals surface area contributed by atoms with Crippen LogP contribution in [0, 0.1) is 5.95 Å². The second-order valence-electron chi connectivity index (χ2n) is 6.24. The Morgan fingerprint density at radius 3 is 2.43 bits per heavy atom. The SMILES string of the molecule is Fc1cc(N2CCN(c3cc(C4CCC4)ncn3)CC2)ccn1. The second kappa shape index (κ2) is 6.10. The average Bonchev–Trinajstić information content (AvgIpc) is 2.54. The molecule has 1 aliphatic carbocycles. The van der Waals surface area contributed by atoms with Crippen molar-refractivity contribution in [3.8, 4) is 0 Å². The summed E-state index contributed by atoms with van der Waals surface area (Å²) in [6, 6.07) is 5.50. The van der Waals surface area contributed by atoms with Crippen molar-refractivity contribution in [2.75, 3.05) is 36.0 Å². The molecule has 23 heavy (non-hydrogen) atoms. The van der Waals surface area contributed by atoms with Crippen LogP contribution in [0.3, 0.4) is 0 Å². The molecule has 2 aliphatic rings. The van der Waals surface area contributed by atoms with Crippen molar-refractivity contribution in [1.29, 1.82) is 0 Å². The molecule has 2 aromatic heterocycles. The van der Waals surface area contributed by atoms with E-state index in [9.17, 15) is 4.39 Å². The fraction of sp³-hybridized carbons (Fsp3) is 0.471. The van der Waals surface area contributed by atoms with Crippen molar-refractivity contribution in [1.82, 2.24) is 15.0 Å². The van der Waals surface area contributed by atoms with Crippen LogP contribution in [0.1, 0.15) is 30.9 Å². The highest BCUT2D eigenvalue weighted by molar-refractivity contribution is 5.48. The van der Waals surface area contributed by atoms with Gasteiger partial charge in [0.2, 0.25) is 5.95 Å². The van der Waals surface area contributed by atoms with E-state index in [0.717, 1.165) is 37.7 Å². The minimum atomic E-state index is -0.425. The Kier molecular flexibility index (Phi) is 3.81. The number of nitrogens with zero attached hydrogens (tertiary/aromatic N) is 5. The summed E-state index contributed by atoms with van der Waals surface area (Å²) in [5.41, 5.74) is 2.08. The van der Waals surface area contributed by atoms with Crippen molar-refractivity contribution < 1.29 is 4.39 Å². The zero-order chi connectivity index (χ0) is 15.6. The van der Waals surface area contributed by atoms with Crippen LogP contribution in [0.4, 0.5) is 15.9 Å². The quantitative estimate of drug-likeness (QED) is 0.815. The van der Waals surface area contributed by atoms with Crippen LogP contribution in [0.5, 0.6) is 0 Å². The lowest BCUT2D eigenvalue weighted by atomic mass is 9.83. The molecule has 0 radical (unpaired) electrons. The van der Waals surface area contributed by atoms with E-state index >= 15 is 0 Å². The van der Waals surface area contributed by atoms with E-state index < -0.39 is 5.95 Å². The van der Waals surface area contributed by atoms with E-state index in [-0.39, 0.29) is 0 Å². The Morgan fingerprint density at radius 1 is 0.957 bits per heavy atom. The standard InChI is InChI=1S/C17H20FN5/c18-16-10-14(4-5-19-16)22-6-8-23(9-7-22)17-11-15(20-12-21-17)13-2-1-3-13/h4-5,10-13H,1-3,6-9H2. The maximum atomic E-state index is 13.3. The Labute approximate surface area is 135 Å². The van der Waals surface area contributed by atoms with Crippen molar-refractivity contribution in [3.05, 3.63) is 42.4 Å². The first-order chi connectivity index (χ1) is 11.3. The fourth-order valence-corrected chi connectivity index (χ4v) is 3.24. The molecule has 0 N–H and O–H groups in total. The largest absolute Gasteiger partial charge is 0.368 e. The first-order valence-electron chi connectivity index (χ1n) is 8.23. The summed E-state index contributed by atoms with van der Waals surface area (Å²) in [6.45, 7) is 3.47. The minimum absolute atomic E-state index is 0.425. The molecule has 2 fully saturated rings. The summed E-state index contributed by atoms with van der Waals surface area (Å²) in [4.78, 5) is 17.0. The van der Waals surface area contributed by atoms with E-state index in [1.807, 2.05) is 6.07 Å². The van der Waals surface area contributed by atoms with E-state index in [1.165, 1.54) is 37.2 Å². The first kappa shape index (κ1) is 14.4. The van der Waals surface area contributed by atoms with Crippen molar-refractivity contribution in [2.45, 2.75) is 25.2 Å². The highest BCUT2D eigenvalue weighted by atomic mass is 19.1. The topological polar surface area (TPSA) is 45.2 Å². The highest BCUT2D eigenvalue weighted by Gasteiger charge is 2.23. The number of rotatable bonds is 3. The van der Waals surface area contributed by atoms with Gasteiger partial charge in [-0.25, -0.2) is 15.0 Å². The number of piperazine rings is 1. The summed E-state index contributed by atoms with van der Waals surface area (Å²) in [7, 11) is 0. The Hall–Kier alpha value is -2.24. The lowest BCUT2D eigenvalue weighted by molar-refractivity contribution is 0.410. The third kappa shape index (κ3) is 2.98. The third-order valence-electron chi connectivity index (χ3n) is 4.88. The van der Waals surface area contributed by atoms with Gasteiger partial charge >= 0.3 is 0 Å². The number of pyridine rings is 1. The molecule has 0 unspecified atom stereocenters. The van der Waals surface area contributed by atoms with Gasteiger partial charge in [0.25, 0.3) is 0 Å². The molecule has 0 amide bonds. The summed E-state index contributed by atoms with van der Waals surface area (Å²) >= 11 is 0. The van der Waals surface area contributed by atoms with Crippen LogP contribution in [-0.2, 0) is 0 Å². The molecule has 0 atom stereocenters. The van der Waals surface area contributed by atoms with E-state index in [0.29, 0.717) is 5.92 Å². The molecule has 1 saturated heterocycles. The maximum Gasteiger partial charge on any atom is 0.214 e. The molecule has 2 aromatic rings. The van der Waals surface area contributed by atoms with Crippen LogP contribution >= 0.6 is 0 Å². The zero-order valence-electron chi connectivity index (χ0n) is 13.0. The van der Waals surface area contributed by atoms with Crippen LogP contribution < -0.4 is 9.80 Å². The van der Waals surface area contributed by atoms with Gasteiger partial charge in [-0.05, 0) is 18.9 Å². The summed E-state index contributed by atoms with van der Waals surface area (Å²) in [5.74, 6) is 1.21. The molecule has 0 bridgehead atoms. The smallest absolute Gasteiger partial charge is 0.214 e. The van der Waals surface area contributed by atoms with Gasteiger partial charge in [0.15, 0.2) is 0 Å². The fourth-order valence-electron chi connectivity index (χ4n) is 3.24. The molecule has 6 heteroatoms. The molecule has 3 heterocycles. The third-order valence-corrected chi connectivity index (χ3v) is 4.88. The van der Waals surface area contributed by atoms with Crippen molar-refractivity contribution >= 4 is 11.5 Å². The predicted molar refractivity (Wildman–Crippen MR) is 87.2 cm³/mol. The van der Waals surface area contributed by atoms with Gasteiger partial charge in [-0.1, -0.05) is 6.42 Å². The molecular weight excluding hydrogens is 293 g/mol. The van der Waals surface area contributed by atoms with E-state index in [4.69, 9.17) is 0 Å². The number of aromatic nitrogens is 3. The van der Waals surface area contributed by atoms with Gasteiger partial charge in [0.1, 0.15) is 12.1 Å². The number of anilines is 2. The van der Waals surface area contributed by atoms with Crippen LogP contribution in [0.15, 0.2) is 30.7 Å². The molecule has 1 saturated carbocycles. The van der Waals surface area contributed by atoms with Gasteiger partial charge in [-0.2, -0.15) is 4.39 Å². The van der Waals surface area contributed by atoms with Gasteiger partial charge in [-0.3, -0.25) is 0 Å². The molecule has 1 aliphatic heterocycles. The summed E-state index contributed by atoms with van der Waals surface area (Å²) in [6.07, 6.45) is 7.01. The lowest BCUT2D eigenvalue weighted by Gasteiger charge is -2.37. The molecule has 4 rings (SSSR count). The number of halogens is 1. The molecule has 5 nitrogen and oxygen atoms in total. The maximum absolute atomic E-state index is 13.3. The Morgan fingerprint density at radius 2 is 1.74 bits per heavy atom. The summed E-state index contributed by atoms with van der Waals surface area (Å²) < 4.78 is 13.3. The van der Waals surface area contributed by atoms with Gasteiger partial charge < -0.3 is 9.80 Å². The van der Waals surface area contributed by atoms with Crippen molar-refractivity contribution in [3.63, 3.8) is 0 Å². The molecule has 120 valence electrons. The average molecular weight is 313 g/mol. The molecule has 0 aromatic carbocycles. The highest BCUT2D eigenvalue weighted by Crippen LogP contribution is 2.35. The Bertz CT molecular complexity index is 680. The predicted octanol–water partition coefficient (Wildman–Crippen LogP) is 2.60. The lowest BCUT2D eigenvalue weighted by Crippen LogP contribution is -2.47. The number of hydrogen-bond acceptors (Lipinski definition) is 5. The first-order valence-corrected chi connectivity index (χ1v) is 8.23. The van der Waals surface area contributed by atoms with Crippen LogP contribution in [-0.4, -0.2) is 41.1 Å². The van der Waals surface area contributed by atoms with Crippen molar-refractivity contribution in [2.24, 2.45) is 0 Å². The molecular formula is C17H20FN5. The monoisotopic (exact) mass is 313 g/mol. The Balaban J connectivity index is 1.43. The zero-order valence-corrected chi connectivity index (χ0v) is 13.0. The second-order valence-corrected chi connectivity index (χ2v) is 6.24. The molecule has 0 spiro atoms. The van der Waals surface area contributed by atoms with E-state index in [1.54, 1.807) is 6.33 Å². The number of hydrogen-bond donors (Lipinski definition) is 0. The van der Waals surface area contributed by atoms with Crippen LogP contribution in [0.25, 0.3) is 0 Å². The van der Waals surface area contributed by atoms with Gasteiger partial charge in [0, 0.05) is 61.8 Å². The van der Waals surface area contributed by atoms with E-state index in [2.05, 4.69) is 30.8 Å². The van der Waals surface area contributed by atoms with Gasteiger partial charge in [0.05, 0.1) is 0 Å². The van der Waals surface area contributed by atoms with Crippen LogP contribution in [0.2, 0.25) is 0 Å².